The summed E-state index contributed by atoms with van der Waals surface area (Å²) >= 11 is 0. The molecule has 54 heavy (non-hydrogen) atoms. The second-order valence-corrected chi connectivity index (χ2v) is 20.5. The Kier molecular flexibility index (Phi) is 11.3. The monoisotopic (exact) mass is 760 g/mol. The van der Waals surface area contributed by atoms with Gasteiger partial charge in [0.25, 0.3) is 5.91 Å². The first-order chi connectivity index (χ1) is 25.9. The van der Waals surface area contributed by atoms with Crippen molar-refractivity contribution in [1.29, 1.82) is 0 Å². The van der Waals surface area contributed by atoms with Crippen molar-refractivity contribution < 1.29 is 33.8 Å². The predicted molar refractivity (Wildman–Crippen MR) is 208 cm³/mol. The number of likely N-dealkylation sites (tertiary alicyclic amines) is 1. The Hall–Kier alpha value is -3.66. The number of aliphatic hydroxyl groups is 1. The van der Waals surface area contributed by atoms with Crippen LogP contribution in [0.2, 0.25) is 18.6 Å². The number of carbonyl (C=O) groups excluding carboxylic acids is 4. The van der Waals surface area contributed by atoms with E-state index < -0.39 is 31.5 Å². The van der Waals surface area contributed by atoms with Crippen LogP contribution in [-0.4, -0.2) is 98.2 Å². The molecule has 2 aromatic rings. The van der Waals surface area contributed by atoms with Gasteiger partial charge in [-0.2, -0.15) is 0 Å². The summed E-state index contributed by atoms with van der Waals surface area (Å²) < 4.78 is 6.97. The molecule has 13 nitrogen and oxygen atoms in total. The van der Waals surface area contributed by atoms with Crippen LogP contribution in [0, 0.1) is 17.8 Å². The van der Waals surface area contributed by atoms with Crippen molar-refractivity contribution in [3.05, 3.63) is 53.6 Å². The molecule has 0 aromatic heterocycles. The van der Waals surface area contributed by atoms with Crippen LogP contribution in [0.1, 0.15) is 63.0 Å². The molecule has 1 spiro atoms. The molecule has 5 aliphatic heterocycles. The van der Waals surface area contributed by atoms with Crippen LogP contribution in [-0.2, 0) is 36.1 Å². The van der Waals surface area contributed by atoms with Crippen LogP contribution in [0.4, 0.5) is 17.1 Å². The van der Waals surface area contributed by atoms with Crippen LogP contribution in [0.25, 0.3) is 0 Å². The standard InChI is InChI=1S/C40H56N6O7Si/c1-25-36(54(2,3)52)34(20-35(48)45-17-7-12-31(45)24-47)53-40(25)32-19-30(44-38(50)28-10-6-16-42-22-28)13-14-33(32)46(39(40)51)23-26-8-4-11-29(18-26)43-37(49)27-9-5-15-41-21-27/h4,8,11,13-14,18-19,25,27-28,31,34,36,41-42,47,52H,5-7,9-10,12,15-17,20-24H2,1-3H3,(H,43,49)(H,44,50)/t25-,27?,28?,31+,34+,36-,40+/m1/s1. The summed E-state index contributed by atoms with van der Waals surface area (Å²) in [4.78, 5) is 70.6. The maximum absolute atomic E-state index is 15.1. The summed E-state index contributed by atoms with van der Waals surface area (Å²) in [6.45, 7) is 9.28. The lowest BCUT2D eigenvalue weighted by Gasteiger charge is -2.33. The first-order valence-electron chi connectivity index (χ1n) is 19.8. The summed E-state index contributed by atoms with van der Waals surface area (Å²) in [6.07, 6.45) is 4.27. The number of hydrogen-bond donors (Lipinski definition) is 6. The van der Waals surface area contributed by atoms with Crippen LogP contribution in [0.5, 0.6) is 0 Å². The largest absolute Gasteiger partial charge is 0.432 e. The second kappa shape index (κ2) is 15.8. The number of hydrogen-bond acceptors (Lipinski definition) is 9. The van der Waals surface area contributed by atoms with Gasteiger partial charge in [0.15, 0.2) is 13.9 Å². The first-order valence-corrected chi connectivity index (χ1v) is 22.8. The van der Waals surface area contributed by atoms with Crippen molar-refractivity contribution in [1.82, 2.24) is 15.5 Å². The zero-order chi connectivity index (χ0) is 38.2. The van der Waals surface area contributed by atoms with E-state index in [4.69, 9.17) is 4.74 Å². The number of amides is 4. The third-order valence-electron chi connectivity index (χ3n) is 12.4. The summed E-state index contributed by atoms with van der Waals surface area (Å²) in [5, 5.41) is 22.7. The molecular formula is C40H56N6O7Si. The molecule has 5 heterocycles. The highest BCUT2D eigenvalue weighted by molar-refractivity contribution is 6.71. The zero-order valence-electron chi connectivity index (χ0n) is 31.7. The van der Waals surface area contributed by atoms with Crippen LogP contribution in [0.3, 0.4) is 0 Å². The van der Waals surface area contributed by atoms with Crippen LogP contribution in [0.15, 0.2) is 42.5 Å². The van der Waals surface area contributed by atoms with Crippen molar-refractivity contribution in [2.75, 3.05) is 54.9 Å². The molecule has 0 radical (unpaired) electrons. The van der Waals surface area contributed by atoms with Gasteiger partial charge in [-0.3, -0.25) is 19.2 Å². The van der Waals surface area contributed by atoms with Crippen molar-refractivity contribution in [2.24, 2.45) is 17.8 Å². The third-order valence-corrected chi connectivity index (χ3v) is 14.9. The number of aliphatic hydroxyl groups excluding tert-OH is 1. The molecule has 4 saturated heterocycles. The van der Waals surface area contributed by atoms with Gasteiger partial charge >= 0.3 is 0 Å². The quantitative estimate of drug-likeness (QED) is 0.199. The highest BCUT2D eigenvalue weighted by Crippen LogP contribution is 2.60. The lowest BCUT2D eigenvalue weighted by molar-refractivity contribution is -0.150. The van der Waals surface area contributed by atoms with E-state index in [2.05, 4.69) is 21.3 Å². The van der Waals surface area contributed by atoms with Crippen molar-refractivity contribution >= 4 is 49.0 Å². The van der Waals surface area contributed by atoms with E-state index in [1.165, 1.54) is 0 Å². The van der Waals surface area contributed by atoms with Crippen molar-refractivity contribution in [3.8, 4) is 0 Å². The molecule has 6 N–H and O–H groups in total. The predicted octanol–water partition coefficient (Wildman–Crippen LogP) is 3.28. The number of anilines is 3. The Labute approximate surface area is 318 Å². The number of nitrogens with one attached hydrogen (secondary N) is 4. The minimum absolute atomic E-state index is 0.0176. The Bertz CT molecular complexity index is 1740. The molecule has 7 rings (SSSR count). The SMILES string of the molecule is C[C@@H]1[C@@H]([Si](C)(C)O)[C@H](CC(=O)N2CCC[C@H]2CO)O[C@@]12C(=O)N(Cc1cccc(NC(=O)C3CCCNC3)c1)c1ccc(NC(=O)C3CCCNC3)cc12. The fourth-order valence-electron chi connectivity index (χ4n) is 9.73. The van der Waals surface area contributed by atoms with Crippen LogP contribution >= 0.6 is 0 Å². The number of fused-ring (bicyclic) bond motifs is 2. The fourth-order valence-corrected chi connectivity index (χ4v) is 12.3. The molecule has 5 aliphatic rings. The van der Waals surface area contributed by atoms with Gasteiger partial charge in [0, 0.05) is 48.0 Å². The van der Waals surface area contributed by atoms with E-state index in [-0.39, 0.29) is 61.1 Å². The van der Waals surface area contributed by atoms with Gasteiger partial charge in [-0.25, -0.2) is 0 Å². The maximum Gasteiger partial charge on any atom is 0.264 e. The number of carbonyl (C=O) groups is 4. The molecule has 2 aromatic carbocycles. The average Bonchev–Trinajstić information content (AvgIpc) is 3.82. The minimum Gasteiger partial charge on any atom is -0.432 e. The van der Waals surface area contributed by atoms with Crippen molar-refractivity contribution in [3.63, 3.8) is 0 Å². The minimum atomic E-state index is -3.06. The molecule has 0 saturated carbocycles. The molecule has 2 unspecified atom stereocenters. The fraction of sp³-hybridized carbons (Fsp3) is 0.600. The molecule has 7 atom stereocenters. The van der Waals surface area contributed by atoms with Gasteiger partial charge in [0.2, 0.25) is 17.7 Å². The average molecular weight is 761 g/mol. The number of benzene rings is 2. The van der Waals surface area contributed by atoms with Crippen LogP contribution < -0.4 is 26.2 Å². The number of rotatable bonds is 10. The summed E-state index contributed by atoms with van der Waals surface area (Å²) in [6, 6.07) is 12.8. The molecular weight excluding hydrogens is 705 g/mol. The Balaban J connectivity index is 1.22. The molecule has 0 aliphatic carbocycles. The van der Waals surface area contributed by atoms with E-state index in [9.17, 15) is 24.3 Å². The lowest BCUT2D eigenvalue weighted by Crippen LogP contribution is -2.46. The maximum atomic E-state index is 15.1. The van der Waals surface area contributed by atoms with Gasteiger partial charge in [-0.15, -0.1) is 0 Å². The Morgan fingerprint density at radius 3 is 2.22 bits per heavy atom. The topological polar surface area (TPSA) is 173 Å². The number of ether oxygens (including phenoxy) is 1. The number of piperidine rings is 2. The third kappa shape index (κ3) is 7.48. The van der Waals surface area contributed by atoms with Gasteiger partial charge in [0.05, 0.1) is 49.2 Å². The summed E-state index contributed by atoms with van der Waals surface area (Å²) in [7, 11) is -3.06. The lowest BCUT2D eigenvalue weighted by atomic mass is 9.82. The zero-order valence-corrected chi connectivity index (χ0v) is 32.7. The first kappa shape index (κ1) is 38.6. The van der Waals surface area contributed by atoms with E-state index in [1.807, 2.05) is 62.5 Å². The van der Waals surface area contributed by atoms with E-state index >= 15 is 4.79 Å². The molecule has 4 fully saturated rings. The summed E-state index contributed by atoms with van der Waals surface area (Å²) in [5.41, 5.74) is 1.26. The molecule has 4 amide bonds. The van der Waals surface area contributed by atoms with Crippen molar-refractivity contribution in [2.45, 2.75) is 94.8 Å². The highest BCUT2D eigenvalue weighted by atomic mass is 28.4. The normalized spacial score (nSPS) is 29.8. The van der Waals surface area contributed by atoms with E-state index in [0.717, 1.165) is 57.2 Å². The Morgan fingerprint density at radius 2 is 1.61 bits per heavy atom. The molecule has 292 valence electrons. The molecule has 0 bridgehead atoms. The van der Waals surface area contributed by atoms with E-state index in [0.29, 0.717) is 42.3 Å². The van der Waals surface area contributed by atoms with Gasteiger partial charge in [-0.05, 0) is 101 Å². The summed E-state index contributed by atoms with van der Waals surface area (Å²) in [5.74, 6) is -1.35. The van der Waals surface area contributed by atoms with Gasteiger partial charge < -0.3 is 45.7 Å². The van der Waals surface area contributed by atoms with Gasteiger partial charge in [-0.1, -0.05) is 19.1 Å². The molecule has 14 heteroatoms. The highest BCUT2D eigenvalue weighted by Gasteiger charge is 2.66. The van der Waals surface area contributed by atoms with E-state index in [1.54, 1.807) is 9.80 Å². The number of nitrogens with zero attached hydrogens (tertiary/aromatic N) is 2. The second-order valence-electron chi connectivity index (χ2n) is 16.5. The smallest absolute Gasteiger partial charge is 0.264 e. The Morgan fingerprint density at radius 1 is 0.944 bits per heavy atom. The van der Waals surface area contributed by atoms with Gasteiger partial charge in [0.1, 0.15) is 0 Å².